The summed E-state index contributed by atoms with van der Waals surface area (Å²) in [6.45, 7) is 4.81. The standard InChI is InChI=1S/C13H19FN2O/c1-8-5-6-17-13(8)12(16-15)11-4-3-10(14)7-9(11)2/h3-4,7-8,12-13,16H,5-6,15H2,1-2H3. The number of rotatable bonds is 3. The largest absolute Gasteiger partial charge is 0.376 e. The summed E-state index contributed by atoms with van der Waals surface area (Å²) in [5, 5.41) is 0. The van der Waals surface area contributed by atoms with Crippen molar-refractivity contribution in [2.24, 2.45) is 11.8 Å². The van der Waals surface area contributed by atoms with Crippen LogP contribution in [0.2, 0.25) is 0 Å². The smallest absolute Gasteiger partial charge is 0.123 e. The summed E-state index contributed by atoms with van der Waals surface area (Å²) >= 11 is 0. The molecule has 0 radical (unpaired) electrons. The lowest BCUT2D eigenvalue weighted by Crippen LogP contribution is -2.39. The normalized spacial score (nSPS) is 26.1. The molecule has 0 saturated carbocycles. The maximum atomic E-state index is 13.1. The number of nitrogens with two attached hydrogens (primary N) is 1. The van der Waals surface area contributed by atoms with E-state index in [9.17, 15) is 4.39 Å². The second kappa shape index (κ2) is 5.12. The second-order valence-corrected chi connectivity index (χ2v) is 4.75. The molecule has 17 heavy (non-hydrogen) atoms. The minimum absolute atomic E-state index is 0.0594. The average molecular weight is 238 g/mol. The molecule has 0 amide bonds. The molecule has 1 aliphatic heterocycles. The van der Waals surface area contributed by atoms with Crippen LogP contribution in [0.3, 0.4) is 0 Å². The van der Waals surface area contributed by atoms with Gasteiger partial charge in [0, 0.05) is 6.61 Å². The van der Waals surface area contributed by atoms with Crippen LogP contribution < -0.4 is 11.3 Å². The highest BCUT2D eigenvalue weighted by Gasteiger charge is 2.33. The third-order valence-electron chi connectivity index (χ3n) is 3.52. The highest BCUT2D eigenvalue weighted by molar-refractivity contribution is 5.30. The highest BCUT2D eigenvalue weighted by atomic mass is 19.1. The molecule has 0 bridgehead atoms. The van der Waals surface area contributed by atoms with E-state index in [0.29, 0.717) is 5.92 Å². The number of benzene rings is 1. The van der Waals surface area contributed by atoms with Gasteiger partial charge < -0.3 is 4.74 Å². The topological polar surface area (TPSA) is 47.3 Å². The highest BCUT2D eigenvalue weighted by Crippen LogP contribution is 2.32. The fourth-order valence-electron chi connectivity index (χ4n) is 2.49. The third kappa shape index (κ3) is 2.49. The number of aryl methyl sites for hydroxylation is 1. The molecule has 94 valence electrons. The van der Waals surface area contributed by atoms with E-state index in [-0.39, 0.29) is 18.0 Å². The Hall–Kier alpha value is -0.970. The Kier molecular flexibility index (Phi) is 3.76. The summed E-state index contributed by atoms with van der Waals surface area (Å²) in [5.41, 5.74) is 4.71. The van der Waals surface area contributed by atoms with Crippen molar-refractivity contribution in [3.05, 3.63) is 35.1 Å². The Morgan fingerprint density at radius 1 is 1.53 bits per heavy atom. The van der Waals surface area contributed by atoms with Crippen LogP contribution in [0.5, 0.6) is 0 Å². The number of ether oxygens (including phenoxy) is 1. The van der Waals surface area contributed by atoms with Gasteiger partial charge in [-0.15, -0.1) is 0 Å². The fraction of sp³-hybridized carbons (Fsp3) is 0.538. The second-order valence-electron chi connectivity index (χ2n) is 4.75. The molecule has 1 saturated heterocycles. The average Bonchev–Trinajstić information content (AvgIpc) is 2.69. The van der Waals surface area contributed by atoms with Gasteiger partial charge in [0.1, 0.15) is 5.82 Å². The predicted octanol–water partition coefficient (Wildman–Crippen LogP) is 2.06. The van der Waals surface area contributed by atoms with Gasteiger partial charge in [0.25, 0.3) is 0 Å². The van der Waals surface area contributed by atoms with Crippen molar-refractivity contribution in [1.82, 2.24) is 5.43 Å². The zero-order valence-electron chi connectivity index (χ0n) is 10.2. The molecule has 1 aliphatic rings. The molecule has 1 aromatic rings. The molecule has 1 fully saturated rings. The van der Waals surface area contributed by atoms with Gasteiger partial charge in [0.2, 0.25) is 0 Å². The number of hydrogen-bond acceptors (Lipinski definition) is 3. The summed E-state index contributed by atoms with van der Waals surface area (Å²) < 4.78 is 18.8. The van der Waals surface area contributed by atoms with Crippen molar-refractivity contribution in [3.8, 4) is 0 Å². The van der Waals surface area contributed by atoms with Gasteiger partial charge in [0.05, 0.1) is 12.1 Å². The Labute approximate surface area is 101 Å². The number of halogens is 1. The van der Waals surface area contributed by atoms with Crippen molar-refractivity contribution < 1.29 is 9.13 Å². The van der Waals surface area contributed by atoms with E-state index < -0.39 is 0 Å². The zero-order valence-corrected chi connectivity index (χ0v) is 10.2. The first kappa shape index (κ1) is 12.5. The molecule has 3 N–H and O–H groups in total. The van der Waals surface area contributed by atoms with Crippen molar-refractivity contribution in [2.75, 3.05) is 6.61 Å². The monoisotopic (exact) mass is 238 g/mol. The molecule has 0 aromatic heterocycles. The van der Waals surface area contributed by atoms with Crippen molar-refractivity contribution >= 4 is 0 Å². The van der Waals surface area contributed by atoms with E-state index in [0.717, 1.165) is 24.2 Å². The molecular weight excluding hydrogens is 219 g/mol. The van der Waals surface area contributed by atoms with Gasteiger partial charge in [-0.1, -0.05) is 13.0 Å². The van der Waals surface area contributed by atoms with Gasteiger partial charge in [-0.05, 0) is 42.5 Å². The molecule has 1 aromatic carbocycles. The molecule has 3 atom stereocenters. The van der Waals surface area contributed by atoms with Gasteiger partial charge in [-0.2, -0.15) is 0 Å². The third-order valence-corrected chi connectivity index (χ3v) is 3.52. The summed E-state index contributed by atoms with van der Waals surface area (Å²) in [6.07, 6.45) is 1.10. The summed E-state index contributed by atoms with van der Waals surface area (Å²) in [7, 11) is 0. The van der Waals surface area contributed by atoms with Crippen LogP contribution in [-0.2, 0) is 4.74 Å². The molecular formula is C13H19FN2O. The van der Waals surface area contributed by atoms with Crippen LogP contribution in [0, 0.1) is 18.7 Å². The van der Waals surface area contributed by atoms with E-state index in [2.05, 4.69) is 12.3 Å². The first-order valence-electron chi connectivity index (χ1n) is 5.97. The Morgan fingerprint density at radius 3 is 2.82 bits per heavy atom. The SMILES string of the molecule is Cc1cc(F)ccc1C(NN)C1OCCC1C. The summed E-state index contributed by atoms with van der Waals surface area (Å²) in [4.78, 5) is 0. The first-order valence-corrected chi connectivity index (χ1v) is 5.97. The van der Waals surface area contributed by atoms with Crippen molar-refractivity contribution in [2.45, 2.75) is 32.4 Å². The van der Waals surface area contributed by atoms with E-state index >= 15 is 0 Å². The number of hydrogen-bond donors (Lipinski definition) is 2. The van der Waals surface area contributed by atoms with E-state index in [1.807, 2.05) is 6.92 Å². The zero-order chi connectivity index (χ0) is 12.4. The molecule has 3 nitrogen and oxygen atoms in total. The van der Waals surface area contributed by atoms with Gasteiger partial charge in [0.15, 0.2) is 0 Å². The predicted molar refractivity (Wildman–Crippen MR) is 64.7 cm³/mol. The minimum atomic E-state index is -0.220. The number of hydrazine groups is 1. The van der Waals surface area contributed by atoms with Crippen molar-refractivity contribution in [1.29, 1.82) is 0 Å². The van der Waals surface area contributed by atoms with E-state index in [1.165, 1.54) is 12.1 Å². The Morgan fingerprint density at radius 2 is 2.29 bits per heavy atom. The van der Waals surface area contributed by atoms with Crippen LogP contribution in [0.1, 0.15) is 30.5 Å². The molecule has 4 heteroatoms. The summed E-state index contributed by atoms with van der Waals surface area (Å²) in [6, 6.07) is 4.70. The van der Waals surface area contributed by atoms with Gasteiger partial charge in [-0.25, -0.2) is 4.39 Å². The van der Waals surface area contributed by atoms with Gasteiger partial charge in [-0.3, -0.25) is 11.3 Å². The van der Waals surface area contributed by atoms with Crippen LogP contribution in [-0.4, -0.2) is 12.7 Å². The lowest BCUT2D eigenvalue weighted by Gasteiger charge is -2.27. The fourth-order valence-corrected chi connectivity index (χ4v) is 2.49. The minimum Gasteiger partial charge on any atom is -0.376 e. The Balaban J connectivity index is 2.28. The quantitative estimate of drug-likeness (QED) is 0.626. The number of nitrogens with one attached hydrogen (secondary N) is 1. The van der Waals surface area contributed by atoms with Crippen LogP contribution in [0.4, 0.5) is 4.39 Å². The molecule has 3 unspecified atom stereocenters. The van der Waals surface area contributed by atoms with Crippen molar-refractivity contribution in [3.63, 3.8) is 0 Å². The molecule has 2 rings (SSSR count). The van der Waals surface area contributed by atoms with Crippen LogP contribution in [0.25, 0.3) is 0 Å². The maximum absolute atomic E-state index is 13.1. The maximum Gasteiger partial charge on any atom is 0.123 e. The van der Waals surface area contributed by atoms with Crippen LogP contribution in [0.15, 0.2) is 18.2 Å². The molecule has 0 spiro atoms. The van der Waals surface area contributed by atoms with E-state index in [1.54, 1.807) is 6.07 Å². The van der Waals surface area contributed by atoms with E-state index in [4.69, 9.17) is 10.6 Å². The first-order chi connectivity index (χ1) is 8.13. The summed E-state index contributed by atoms with van der Waals surface area (Å²) in [5.74, 6) is 5.87. The lowest BCUT2D eigenvalue weighted by molar-refractivity contribution is 0.0605. The van der Waals surface area contributed by atoms with Crippen LogP contribution >= 0.6 is 0 Å². The molecule has 0 aliphatic carbocycles. The molecule has 1 heterocycles. The Bertz CT molecular complexity index is 397. The lowest BCUT2D eigenvalue weighted by atomic mass is 9.90. The van der Waals surface area contributed by atoms with Gasteiger partial charge >= 0.3 is 0 Å².